The SMILES string of the molecule is [N-]=[N+]=NCC(O)C(O)c1cccc2cnccc12. The van der Waals surface area contributed by atoms with Gasteiger partial charge in [-0.1, -0.05) is 23.3 Å². The molecule has 2 unspecified atom stereocenters. The summed E-state index contributed by atoms with van der Waals surface area (Å²) >= 11 is 0. The molecular weight excluding hydrogens is 232 g/mol. The quantitative estimate of drug-likeness (QED) is 0.488. The van der Waals surface area contributed by atoms with Gasteiger partial charge in [-0.2, -0.15) is 0 Å². The molecule has 0 aliphatic rings. The third-order valence-corrected chi connectivity index (χ3v) is 2.73. The molecule has 1 aromatic heterocycles. The number of pyridine rings is 1. The van der Waals surface area contributed by atoms with Crippen molar-refractivity contribution in [2.45, 2.75) is 12.2 Å². The maximum atomic E-state index is 10.1. The molecule has 1 aromatic carbocycles. The molecule has 0 radical (unpaired) electrons. The van der Waals surface area contributed by atoms with E-state index in [1.807, 2.05) is 6.07 Å². The summed E-state index contributed by atoms with van der Waals surface area (Å²) in [5.74, 6) is 0. The lowest BCUT2D eigenvalue weighted by Gasteiger charge is -2.18. The van der Waals surface area contributed by atoms with E-state index in [1.54, 1.807) is 30.6 Å². The van der Waals surface area contributed by atoms with E-state index in [1.165, 1.54) is 0 Å². The molecule has 2 atom stereocenters. The molecule has 0 aliphatic carbocycles. The Morgan fingerprint density at radius 2 is 2.17 bits per heavy atom. The van der Waals surface area contributed by atoms with Crippen LogP contribution in [0.5, 0.6) is 0 Å². The van der Waals surface area contributed by atoms with Crippen LogP contribution in [0.25, 0.3) is 21.2 Å². The Labute approximate surface area is 103 Å². The third-order valence-electron chi connectivity index (χ3n) is 2.73. The number of benzene rings is 1. The van der Waals surface area contributed by atoms with Gasteiger partial charge in [-0.25, -0.2) is 0 Å². The monoisotopic (exact) mass is 244 g/mol. The number of hydrogen-bond acceptors (Lipinski definition) is 4. The maximum absolute atomic E-state index is 10.1. The largest absolute Gasteiger partial charge is 0.390 e. The van der Waals surface area contributed by atoms with Crippen LogP contribution in [0.2, 0.25) is 0 Å². The minimum Gasteiger partial charge on any atom is -0.390 e. The van der Waals surface area contributed by atoms with Gasteiger partial charge in [0.2, 0.25) is 0 Å². The molecule has 6 nitrogen and oxygen atoms in total. The van der Waals surface area contributed by atoms with Crippen LogP contribution in [-0.2, 0) is 0 Å². The van der Waals surface area contributed by atoms with Crippen molar-refractivity contribution in [1.29, 1.82) is 0 Å². The van der Waals surface area contributed by atoms with Gasteiger partial charge in [-0.05, 0) is 22.5 Å². The number of aromatic nitrogens is 1. The fourth-order valence-corrected chi connectivity index (χ4v) is 1.83. The first-order chi connectivity index (χ1) is 8.74. The van der Waals surface area contributed by atoms with E-state index in [0.717, 1.165) is 10.8 Å². The molecule has 0 amide bonds. The minimum atomic E-state index is -1.13. The molecular formula is C12H12N4O2. The number of azide groups is 1. The lowest BCUT2D eigenvalue weighted by molar-refractivity contribution is 0.0253. The molecule has 0 saturated heterocycles. The number of rotatable bonds is 4. The lowest BCUT2D eigenvalue weighted by Crippen LogP contribution is -2.21. The molecule has 6 heteroatoms. The first kappa shape index (κ1) is 12.3. The summed E-state index contributed by atoms with van der Waals surface area (Å²) in [6.07, 6.45) is 1.09. The van der Waals surface area contributed by atoms with Crippen molar-refractivity contribution in [3.05, 3.63) is 52.7 Å². The zero-order valence-electron chi connectivity index (χ0n) is 9.51. The van der Waals surface area contributed by atoms with Gasteiger partial charge in [-0.15, -0.1) is 0 Å². The van der Waals surface area contributed by atoms with Gasteiger partial charge in [0.05, 0.1) is 12.6 Å². The second kappa shape index (κ2) is 5.46. The van der Waals surface area contributed by atoms with Gasteiger partial charge in [0.1, 0.15) is 6.10 Å². The van der Waals surface area contributed by atoms with E-state index in [9.17, 15) is 10.2 Å². The summed E-state index contributed by atoms with van der Waals surface area (Å²) in [4.78, 5) is 6.56. The molecule has 0 spiro atoms. The average molecular weight is 244 g/mol. The van der Waals surface area contributed by atoms with Crippen molar-refractivity contribution in [1.82, 2.24) is 4.98 Å². The van der Waals surface area contributed by atoms with Crippen molar-refractivity contribution in [2.75, 3.05) is 6.54 Å². The highest BCUT2D eigenvalue weighted by atomic mass is 16.3. The van der Waals surface area contributed by atoms with Gasteiger partial charge in [0.25, 0.3) is 0 Å². The van der Waals surface area contributed by atoms with Crippen LogP contribution < -0.4 is 0 Å². The molecule has 0 aliphatic heterocycles. The van der Waals surface area contributed by atoms with E-state index in [0.29, 0.717) is 5.56 Å². The topological polar surface area (TPSA) is 102 Å². The predicted molar refractivity (Wildman–Crippen MR) is 66.7 cm³/mol. The lowest BCUT2D eigenvalue weighted by atomic mass is 9.98. The van der Waals surface area contributed by atoms with Gasteiger partial charge >= 0.3 is 0 Å². The molecule has 0 fully saturated rings. The molecule has 2 rings (SSSR count). The molecule has 0 bridgehead atoms. The van der Waals surface area contributed by atoms with Crippen molar-refractivity contribution in [2.24, 2.45) is 5.11 Å². The standard InChI is InChI=1S/C12H12N4O2/c13-16-15-7-11(17)12(18)10-3-1-2-8-6-14-5-4-9(8)10/h1-6,11-12,17-18H,7H2. The normalized spacial score (nSPS) is 13.9. The van der Waals surface area contributed by atoms with E-state index >= 15 is 0 Å². The molecule has 2 aromatic rings. The summed E-state index contributed by atoms with van der Waals surface area (Å²) in [5, 5.41) is 24.7. The van der Waals surface area contributed by atoms with E-state index in [2.05, 4.69) is 15.0 Å². The fourth-order valence-electron chi connectivity index (χ4n) is 1.83. The van der Waals surface area contributed by atoms with Crippen LogP contribution in [0.15, 0.2) is 41.8 Å². The average Bonchev–Trinajstić information content (AvgIpc) is 2.43. The smallest absolute Gasteiger partial charge is 0.106 e. The first-order valence-corrected chi connectivity index (χ1v) is 5.43. The summed E-state index contributed by atoms with van der Waals surface area (Å²) in [6.45, 7) is -0.168. The second-order valence-corrected chi connectivity index (χ2v) is 3.87. The Bertz CT molecular complexity index is 590. The Morgan fingerprint density at radius 3 is 2.94 bits per heavy atom. The van der Waals surface area contributed by atoms with E-state index in [4.69, 9.17) is 5.53 Å². The fraction of sp³-hybridized carbons (Fsp3) is 0.250. The molecule has 18 heavy (non-hydrogen) atoms. The minimum absolute atomic E-state index is 0.168. The van der Waals surface area contributed by atoms with Crippen LogP contribution >= 0.6 is 0 Å². The highest BCUT2D eigenvalue weighted by Crippen LogP contribution is 2.25. The zero-order valence-corrected chi connectivity index (χ0v) is 9.51. The number of aliphatic hydroxyl groups is 2. The molecule has 92 valence electrons. The van der Waals surface area contributed by atoms with Crippen LogP contribution in [0.3, 0.4) is 0 Å². The Kier molecular flexibility index (Phi) is 3.74. The van der Waals surface area contributed by atoms with Gasteiger partial charge in [0.15, 0.2) is 0 Å². The maximum Gasteiger partial charge on any atom is 0.106 e. The highest BCUT2D eigenvalue weighted by molar-refractivity contribution is 5.85. The summed E-state index contributed by atoms with van der Waals surface area (Å²) in [7, 11) is 0. The predicted octanol–water partition coefficient (Wildman–Crippen LogP) is 1.94. The molecule has 0 saturated carbocycles. The van der Waals surface area contributed by atoms with Crippen molar-refractivity contribution < 1.29 is 10.2 Å². The van der Waals surface area contributed by atoms with Crippen molar-refractivity contribution >= 4 is 10.8 Å². The van der Waals surface area contributed by atoms with Crippen LogP contribution in [0.4, 0.5) is 0 Å². The highest BCUT2D eigenvalue weighted by Gasteiger charge is 2.19. The molecule has 1 heterocycles. The summed E-state index contributed by atoms with van der Waals surface area (Å²) in [5.41, 5.74) is 8.79. The summed E-state index contributed by atoms with van der Waals surface area (Å²) < 4.78 is 0. The Balaban J connectivity index is 2.38. The zero-order chi connectivity index (χ0) is 13.0. The molecule has 2 N–H and O–H groups in total. The first-order valence-electron chi connectivity index (χ1n) is 5.43. The van der Waals surface area contributed by atoms with Crippen LogP contribution in [0, 0.1) is 0 Å². The van der Waals surface area contributed by atoms with Gasteiger partial charge in [0, 0.05) is 22.7 Å². The van der Waals surface area contributed by atoms with Crippen molar-refractivity contribution in [3.8, 4) is 0 Å². The van der Waals surface area contributed by atoms with Crippen LogP contribution in [0.1, 0.15) is 11.7 Å². The number of aliphatic hydroxyl groups excluding tert-OH is 2. The van der Waals surface area contributed by atoms with Crippen molar-refractivity contribution in [3.63, 3.8) is 0 Å². The van der Waals surface area contributed by atoms with Crippen LogP contribution in [-0.4, -0.2) is 27.8 Å². The van der Waals surface area contributed by atoms with Gasteiger partial charge in [-0.3, -0.25) is 4.98 Å². The Morgan fingerprint density at radius 1 is 1.33 bits per heavy atom. The van der Waals surface area contributed by atoms with E-state index in [-0.39, 0.29) is 6.54 Å². The summed E-state index contributed by atoms with van der Waals surface area (Å²) in [6, 6.07) is 7.15. The number of nitrogens with zero attached hydrogens (tertiary/aromatic N) is 4. The second-order valence-electron chi connectivity index (χ2n) is 3.87. The Hall–Kier alpha value is -2.14. The third kappa shape index (κ3) is 2.41. The number of fused-ring (bicyclic) bond motifs is 1. The van der Waals surface area contributed by atoms with E-state index < -0.39 is 12.2 Å². The van der Waals surface area contributed by atoms with Gasteiger partial charge < -0.3 is 10.2 Å². The number of hydrogen-bond donors (Lipinski definition) is 2.